The normalized spacial score (nSPS) is 11.1. The standard InChI is InChI=1S/C24H32O6/c1-15(2)29-22-18(11-12-19(25-5)24(22)30-16(3)4)10-9-17-13-20(26-6)23(28-8)21(14-17)27-7/h9-16H,1-8H3/b10-9-. The third-order valence-electron chi connectivity index (χ3n) is 4.18. The Morgan fingerprint density at radius 3 is 1.60 bits per heavy atom. The molecule has 6 heteroatoms. The van der Waals surface area contributed by atoms with Gasteiger partial charge in [0.2, 0.25) is 11.5 Å². The van der Waals surface area contributed by atoms with Gasteiger partial charge in [-0.2, -0.15) is 0 Å². The summed E-state index contributed by atoms with van der Waals surface area (Å²) in [6, 6.07) is 7.59. The van der Waals surface area contributed by atoms with E-state index in [2.05, 4.69) is 0 Å². The average Bonchev–Trinajstić information content (AvgIpc) is 2.72. The SMILES string of the molecule is COc1cc(/C=C\c2ccc(OC)c(OC(C)C)c2OC(C)C)cc(OC)c1OC. The smallest absolute Gasteiger partial charge is 0.204 e. The third kappa shape index (κ3) is 5.53. The predicted octanol–water partition coefficient (Wildman–Crippen LogP) is 5.47. The lowest BCUT2D eigenvalue weighted by Gasteiger charge is -2.21. The van der Waals surface area contributed by atoms with Crippen LogP contribution in [0.4, 0.5) is 0 Å². The first-order valence-corrected chi connectivity index (χ1v) is 9.86. The van der Waals surface area contributed by atoms with E-state index in [-0.39, 0.29) is 12.2 Å². The monoisotopic (exact) mass is 416 g/mol. The van der Waals surface area contributed by atoms with Crippen LogP contribution in [0.2, 0.25) is 0 Å². The first kappa shape index (κ1) is 23.3. The average molecular weight is 417 g/mol. The molecule has 164 valence electrons. The second kappa shape index (κ2) is 10.7. The van der Waals surface area contributed by atoms with Crippen LogP contribution in [0.1, 0.15) is 38.8 Å². The summed E-state index contributed by atoms with van der Waals surface area (Å²) in [6.45, 7) is 7.89. The van der Waals surface area contributed by atoms with E-state index in [1.807, 2.05) is 64.1 Å². The maximum Gasteiger partial charge on any atom is 0.204 e. The molecular formula is C24H32O6. The summed E-state index contributed by atoms with van der Waals surface area (Å²) in [7, 11) is 6.39. The molecule has 30 heavy (non-hydrogen) atoms. The molecule has 0 amide bonds. The first-order valence-electron chi connectivity index (χ1n) is 9.86. The van der Waals surface area contributed by atoms with E-state index in [0.29, 0.717) is 34.5 Å². The molecule has 0 atom stereocenters. The summed E-state index contributed by atoms with van der Waals surface area (Å²) in [6.07, 6.45) is 3.87. The zero-order chi connectivity index (χ0) is 22.3. The highest BCUT2D eigenvalue weighted by atomic mass is 16.5. The van der Waals surface area contributed by atoms with Crippen LogP contribution in [0.25, 0.3) is 12.2 Å². The van der Waals surface area contributed by atoms with Crippen LogP contribution in [0.15, 0.2) is 24.3 Å². The van der Waals surface area contributed by atoms with Crippen molar-refractivity contribution >= 4 is 12.2 Å². The highest BCUT2D eigenvalue weighted by Gasteiger charge is 2.19. The van der Waals surface area contributed by atoms with Crippen molar-refractivity contribution in [3.05, 3.63) is 35.4 Å². The highest BCUT2D eigenvalue weighted by Crippen LogP contribution is 2.43. The lowest BCUT2D eigenvalue weighted by Crippen LogP contribution is -2.12. The number of hydrogen-bond acceptors (Lipinski definition) is 6. The van der Waals surface area contributed by atoms with Gasteiger partial charge in [-0.3, -0.25) is 0 Å². The zero-order valence-corrected chi connectivity index (χ0v) is 19.1. The predicted molar refractivity (Wildman–Crippen MR) is 120 cm³/mol. The van der Waals surface area contributed by atoms with Crippen molar-refractivity contribution in [1.82, 2.24) is 0 Å². The molecule has 2 rings (SSSR count). The highest BCUT2D eigenvalue weighted by molar-refractivity contribution is 5.77. The third-order valence-corrected chi connectivity index (χ3v) is 4.18. The molecule has 0 heterocycles. The van der Waals surface area contributed by atoms with Gasteiger partial charge in [-0.25, -0.2) is 0 Å². The van der Waals surface area contributed by atoms with Crippen LogP contribution in [-0.2, 0) is 0 Å². The van der Waals surface area contributed by atoms with E-state index >= 15 is 0 Å². The molecular weight excluding hydrogens is 384 g/mol. The lowest BCUT2D eigenvalue weighted by molar-refractivity contribution is 0.191. The molecule has 0 fully saturated rings. The van der Waals surface area contributed by atoms with Crippen molar-refractivity contribution in [1.29, 1.82) is 0 Å². The summed E-state index contributed by atoms with van der Waals surface area (Å²) < 4.78 is 33.9. The van der Waals surface area contributed by atoms with Gasteiger partial charge in [0.05, 0.1) is 40.6 Å². The summed E-state index contributed by atoms with van der Waals surface area (Å²) in [5.41, 5.74) is 1.76. The number of rotatable bonds is 10. The van der Waals surface area contributed by atoms with Crippen LogP contribution in [0.5, 0.6) is 34.5 Å². The maximum atomic E-state index is 6.11. The van der Waals surface area contributed by atoms with Crippen molar-refractivity contribution in [3.8, 4) is 34.5 Å². The molecule has 2 aromatic carbocycles. The fraction of sp³-hybridized carbons (Fsp3) is 0.417. The molecule has 0 saturated carbocycles. The Bertz CT molecular complexity index is 845. The Hall–Kier alpha value is -3.02. The number of methoxy groups -OCH3 is 4. The van der Waals surface area contributed by atoms with Gasteiger partial charge in [-0.05, 0) is 57.5 Å². The van der Waals surface area contributed by atoms with E-state index in [0.717, 1.165) is 11.1 Å². The molecule has 0 aliphatic rings. The van der Waals surface area contributed by atoms with Crippen LogP contribution in [0.3, 0.4) is 0 Å². The van der Waals surface area contributed by atoms with Gasteiger partial charge < -0.3 is 28.4 Å². The second-order valence-corrected chi connectivity index (χ2v) is 7.14. The molecule has 2 aromatic rings. The summed E-state index contributed by atoms with van der Waals surface area (Å²) in [5, 5.41) is 0. The molecule has 0 unspecified atom stereocenters. The minimum atomic E-state index is -0.0278. The van der Waals surface area contributed by atoms with Gasteiger partial charge in [0.1, 0.15) is 0 Å². The van der Waals surface area contributed by atoms with E-state index in [1.165, 1.54) is 0 Å². The zero-order valence-electron chi connectivity index (χ0n) is 19.1. The number of ether oxygens (including phenoxy) is 6. The van der Waals surface area contributed by atoms with Crippen molar-refractivity contribution in [2.75, 3.05) is 28.4 Å². The quantitative estimate of drug-likeness (QED) is 0.479. The fourth-order valence-electron chi connectivity index (χ4n) is 2.94. The van der Waals surface area contributed by atoms with Gasteiger partial charge in [-0.15, -0.1) is 0 Å². The first-order chi connectivity index (χ1) is 14.3. The topological polar surface area (TPSA) is 55.4 Å². The van der Waals surface area contributed by atoms with Crippen molar-refractivity contribution in [2.24, 2.45) is 0 Å². The fourth-order valence-corrected chi connectivity index (χ4v) is 2.94. The Kier molecular flexibility index (Phi) is 8.27. The van der Waals surface area contributed by atoms with Crippen molar-refractivity contribution in [2.45, 2.75) is 39.9 Å². The summed E-state index contributed by atoms with van der Waals surface area (Å²) in [4.78, 5) is 0. The summed E-state index contributed by atoms with van der Waals surface area (Å²) >= 11 is 0. The van der Waals surface area contributed by atoms with Crippen LogP contribution in [-0.4, -0.2) is 40.6 Å². The van der Waals surface area contributed by atoms with Crippen molar-refractivity contribution < 1.29 is 28.4 Å². The van der Waals surface area contributed by atoms with Crippen LogP contribution < -0.4 is 28.4 Å². The molecule has 0 aliphatic carbocycles. The molecule has 0 saturated heterocycles. The van der Waals surface area contributed by atoms with Gasteiger partial charge in [0, 0.05) is 5.56 Å². The Labute approximate surface area is 179 Å². The van der Waals surface area contributed by atoms with E-state index in [1.54, 1.807) is 28.4 Å². The van der Waals surface area contributed by atoms with Gasteiger partial charge in [0.25, 0.3) is 0 Å². The maximum absolute atomic E-state index is 6.11. The van der Waals surface area contributed by atoms with E-state index in [9.17, 15) is 0 Å². The molecule has 0 spiro atoms. The minimum absolute atomic E-state index is 0.0252. The van der Waals surface area contributed by atoms with Crippen molar-refractivity contribution in [3.63, 3.8) is 0 Å². The summed E-state index contributed by atoms with van der Waals surface area (Å²) in [5.74, 6) is 3.60. The Balaban J connectivity index is 2.55. The molecule has 0 radical (unpaired) electrons. The van der Waals surface area contributed by atoms with Gasteiger partial charge in [-0.1, -0.05) is 12.2 Å². The van der Waals surface area contributed by atoms with E-state index < -0.39 is 0 Å². The Morgan fingerprint density at radius 2 is 1.13 bits per heavy atom. The minimum Gasteiger partial charge on any atom is -0.493 e. The number of hydrogen-bond donors (Lipinski definition) is 0. The molecule has 0 N–H and O–H groups in total. The van der Waals surface area contributed by atoms with Crippen LogP contribution in [0, 0.1) is 0 Å². The van der Waals surface area contributed by atoms with Gasteiger partial charge in [0.15, 0.2) is 23.0 Å². The van der Waals surface area contributed by atoms with E-state index in [4.69, 9.17) is 28.4 Å². The molecule has 0 aromatic heterocycles. The lowest BCUT2D eigenvalue weighted by atomic mass is 10.1. The molecule has 0 aliphatic heterocycles. The second-order valence-electron chi connectivity index (χ2n) is 7.14. The number of benzene rings is 2. The molecule has 6 nitrogen and oxygen atoms in total. The molecule has 0 bridgehead atoms. The van der Waals surface area contributed by atoms with Crippen LogP contribution >= 0.6 is 0 Å². The Morgan fingerprint density at radius 1 is 0.600 bits per heavy atom. The van der Waals surface area contributed by atoms with Gasteiger partial charge >= 0.3 is 0 Å². The largest absolute Gasteiger partial charge is 0.493 e.